The van der Waals surface area contributed by atoms with E-state index in [2.05, 4.69) is 0 Å². The van der Waals surface area contributed by atoms with Gasteiger partial charge in [0.25, 0.3) is 6.04 Å². The highest BCUT2D eigenvalue weighted by molar-refractivity contribution is 6.30. The van der Waals surface area contributed by atoms with Gasteiger partial charge in [-0.2, -0.15) is 0 Å². The second-order valence-corrected chi connectivity index (χ2v) is 6.81. The van der Waals surface area contributed by atoms with E-state index in [-0.39, 0.29) is 4.92 Å². The zero-order chi connectivity index (χ0) is 18.8. The standard InChI is InChI=1S/C21H17ClN2O3/c22-17-13-11-15(12-14-17)19-20(24(25)26)21(16-7-3-1-4-8-16)27-23(19)18-9-5-2-6-10-18/h1-14,19-21H/t19-,20-,21+/m1/s1. The summed E-state index contributed by atoms with van der Waals surface area (Å²) in [6, 6.07) is 24.3. The molecule has 1 fully saturated rings. The van der Waals surface area contributed by atoms with Gasteiger partial charge in [0.1, 0.15) is 0 Å². The average molecular weight is 381 g/mol. The number of hydrogen-bond acceptors (Lipinski definition) is 4. The van der Waals surface area contributed by atoms with Gasteiger partial charge in [-0.05, 0) is 35.4 Å². The number of nitrogens with zero attached hydrogens (tertiary/aromatic N) is 2. The van der Waals surface area contributed by atoms with Crippen molar-refractivity contribution in [3.05, 3.63) is 111 Å². The zero-order valence-corrected chi connectivity index (χ0v) is 15.1. The van der Waals surface area contributed by atoms with Gasteiger partial charge >= 0.3 is 0 Å². The number of nitro groups is 1. The molecule has 3 aromatic rings. The molecule has 0 aliphatic carbocycles. The van der Waals surface area contributed by atoms with E-state index in [0.29, 0.717) is 5.02 Å². The lowest BCUT2D eigenvalue weighted by Crippen LogP contribution is -2.32. The van der Waals surface area contributed by atoms with Gasteiger partial charge < -0.3 is 0 Å². The molecular weight excluding hydrogens is 364 g/mol. The number of benzene rings is 3. The van der Waals surface area contributed by atoms with Crippen molar-refractivity contribution in [3.8, 4) is 0 Å². The molecule has 0 aromatic heterocycles. The molecule has 0 amide bonds. The number of halogens is 1. The minimum Gasteiger partial charge on any atom is -0.264 e. The van der Waals surface area contributed by atoms with E-state index in [4.69, 9.17) is 16.4 Å². The molecule has 0 N–H and O–H groups in total. The second-order valence-electron chi connectivity index (χ2n) is 6.37. The SMILES string of the molecule is O=[N+]([O-])[C@@H]1[C@@H](c2ccc(Cl)cc2)N(c2ccccc2)O[C@H]1c1ccccc1. The van der Waals surface area contributed by atoms with Gasteiger partial charge in [0.05, 0.1) is 5.69 Å². The Kier molecular flexibility index (Phi) is 4.79. The molecule has 0 radical (unpaired) electrons. The highest BCUT2D eigenvalue weighted by Gasteiger charge is 2.53. The van der Waals surface area contributed by atoms with Gasteiger partial charge in [-0.1, -0.05) is 72.3 Å². The van der Waals surface area contributed by atoms with Crippen LogP contribution in [0.2, 0.25) is 5.02 Å². The van der Waals surface area contributed by atoms with Crippen LogP contribution < -0.4 is 5.06 Å². The number of hydroxylamine groups is 1. The Morgan fingerprint density at radius 2 is 1.44 bits per heavy atom. The topological polar surface area (TPSA) is 55.6 Å². The fourth-order valence-corrected chi connectivity index (χ4v) is 3.60. The van der Waals surface area contributed by atoms with Gasteiger partial charge in [0, 0.05) is 9.95 Å². The van der Waals surface area contributed by atoms with Crippen LogP contribution >= 0.6 is 11.6 Å². The molecule has 3 aromatic carbocycles. The molecular formula is C21H17ClN2O3. The first kappa shape index (κ1) is 17.5. The van der Waals surface area contributed by atoms with Crippen LogP contribution in [-0.2, 0) is 4.84 Å². The van der Waals surface area contributed by atoms with E-state index in [1.165, 1.54) is 0 Å². The van der Waals surface area contributed by atoms with Crippen molar-refractivity contribution in [2.75, 3.05) is 5.06 Å². The first-order chi connectivity index (χ1) is 13.1. The van der Waals surface area contributed by atoms with Gasteiger partial charge in [-0.25, -0.2) is 5.06 Å². The molecule has 0 unspecified atom stereocenters. The summed E-state index contributed by atoms with van der Waals surface area (Å²) in [7, 11) is 0. The predicted octanol–water partition coefficient (Wildman–Crippen LogP) is 5.22. The summed E-state index contributed by atoms with van der Waals surface area (Å²) in [4.78, 5) is 18.0. The van der Waals surface area contributed by atoms with E-state index < -0.39 is 18.2 Å². The minimum atomic E-state index is -0.964. The quantitative estimate of drug-likeness (QED) is 0.460. The van der Waals surface area contributed by atoms with Gasteiger partial charge in [-0.3, -0.25) is 15.0 Å². The number of hydrogen-bond donors (Lipinski definition) is 0. The highest BCUT2D eigenvalue weighted by Crippen LogP contribution is 2.45. The fraction of sp³-hybridized carbons (Fsp3) is 0.143. The van der Waals surface area contributed by atoms with Crippen LogP contribution in [-0.4, -0.2) is 11.0 Å². The molecule has 6 heteroatoms. The summed E-state index contributed by atoms with van der Waals surface area (Å²) in [6.07, 6.45) is -0.693. The zero-order valence-electron chi connectivity index (χ0n) is 14.3. The Bertz CT molecular complexity index is 919. The maximum Gasteiger partial charge on any atom is 0.272 e. The summed E-state index contributed by atoms with van der Waals surface area (Å²) >= 11 is 6.02. The van der Waals surface area contributed by atoms with E-state index in [1.54, 1.807) is 17.2 Å². The Morgan fingerprint density at radius 3 is 2.04 bits per heavy atom. The Balaban J connectivity index is 1.83. The monoisotopic (exact) mass is 380 g/mol. The lowest BCUT2D eigenvalue weighted by atomic mass is 9.93. The maximum absolute atomic E-state index is 12.1. The average Bonchev–Trinajstić information content (AvgIpc) is 3.11. The highest BCUT2D eigenvalue weighted by atomic mass is 35.5. The molecule has 1 heterocycles. The summed E-state index contributed by atoms with van der Waals surface area (Å²) in [5.74, 6) is 0. The summed E-state index contributed by atoms with van der Waals surface area (Å²) in [5.41, 5.74) is 2.32. The molecule has 3 atom stereocenters. The summed E-state index contributed by atoms with van der Waals surface area (Å²) in [5, 5.41) is 14.3. The van der Waals surface area contributed by atoms with Crippen molar-refractivity contribution in [2.24, 2.45) is 0 Å². The molecule has 0 bridgehead atoms. The molecule has 1 aliphatic heterocycles. The van der Waals surface area contributed by atoms with Gasteiger partial charge in [0.2, 0.25) is 0 Å². The lowest BCUT2D eigenvalue weighted by molar-refractivity contribution is -0.531. The molecule has 1 saturated heterocycles. The summed E-state index contributed by atoms with van der Waals surface area (Å²) in [6.45, 7) is 0. The first-order valence-electron chi connectivity index (χ1n) is 8.60. The van der Waals surface area contributed by atoms with E-state index in [1.807, 2.05) is 72.8 Å². The Labute approximate surface area is 161 Å². The normalized spacial score (nSPS) is 22.0. The molecule has 0 saturated carbocycles. The van der Waals surface area contributed by atoms with Crippen molar-refractivity contribution in [2.45, 2.75) is 18.2 Å². The molecule has 0 spiro atoms. The minimum absolute atomic E-state index is 0.250. The smallest absolute Gasteiger partial charge is 0.264 e. The van der Waals surface area contributed by atoms with Crippen molar-refractivity contribution >= 4 is 17.3 Å². The van der Waals surface area contributed by atoms with Crippen molar-refractivity contribution in [1.82, 2.24) is 0 Å². The van der Waals surface area contributed by atoms with E-state index in [9.17, 15) is 10.1 Å². The van der Waals surface area contributed by atoms with E-state index in [0.717, 1.165) is 16.8 Å². The molecule has 1 aliphatic rings. The summed E-state index contributed by atoms with van der Waals surface area (Å²) < 4.78 is 0. The Morgan fingerprint density at radius 1 is 0.852 bits per heavy atom. The first-order valence-corrected chi connectivity index (χ1v) is 8.98. The fourth-order valence-electron chi connectivity index (χ4n) is 3.47. The molecule has 136 valence electrons. The number of para-hydroxylation sites is 1. The van der Waals surface area contributed by atoms with E-state index >= 15 is 0 Å². The number of rotatable bonds is 4. The van der Waals surface area contributed by atoms with Crippen LogP contribution in [0.1, 0.15) is 23.3 Å². The third-order valence-electron chi connectivity index (χ3n) is 4.71. The van der Waals surface area contributed by atoms with Crippen LogP contribution in [0.25, 0.3) is 0 Å². The van der Waals surface area contributed by atoms with Crippen molar-refractivity contribution < 1.29 is 9.76 Å². The van der Waals surface area contributed by atoms with Crippen LogP contribution in [0.3, 0.4) is 0 Å². The van der Waals surface area contributed by atoms with Gasteiger partial charge in [-0.15, -0.1) is 0 Å². The molecule has 4 rings (SSSR count). The van der Waals surface area contributed by atoms with Crippen molar-refractivity contribution in [1.29, 1.82) is 0 Å². The largest absolute Gasteiger partial charge is 0.272 e. The third kappa shape index (κ3) is 3.39. The van der Waals surface area contributed by atoms with Crippen LogP contribution in [0, 0.1) is 10.1 Å². The third-order valence-corrected chi connectivity index (χ3v) is 4.96. The van der Waals surface area contributed by atoms with Gasteiger partial charge in [0.15, 0.2) is 12.1 Å². The van der Waals surface area contributed by atoms with Crippen LogP contribution in [0.15, 0.2) is 84.9 Å². The predicted molar refractivity (Wildman–Crippen MR) is 104 cm³/mol. The molecule has 27 heavy (non-hydrogen) atoms. The second kappa shape index (κ2) is 7.39. The number of anilines is 1. The molecule has 5 nitrogen and oxygen atoms in total. The maximum atomic E-state index is 12.1. The Hall–Kier alpha value is -2.89. The van der Waals surface area contributed by atoms with Crippen LogP contribution in [0.5, 0.6) is 0 Å². The van der Waals surface area contributed by atoms with Crippen LogP contribution in [0.4, 0.5) is 5.69 Å². The lowest BCUT2D eigenvalue weighted by Gasteiger charge is -2.24. The van der Waals surface area contributed by atoms with Crippen molar-refractivity contribution in [3.63, 3.8) is 0 Å².